The Balaban J connectivity index is 1.60. The average Bonchev–Trinajstić information content (AvgIpc) is 3.03. The van der Waals surface area contributed by atoms with Crippen LogP contribution in [0.2, 0.25) is 0 Å². The highest BCUT2D eigenvalue weighted by Crippen LogP contribution is 2.28. The zero-order chi connectivity index (χ0) is 16.2. The van der Waals surface area contributed by atoms with Crippen LogP contribution in [0.25, 0.3) is 0 Å². The van der Waals surface area contributed by atoms with Crippen LogP contribution >= 0.6 is 0 Å². The number of amides is 1. The highest BCUT2D eigenvalue weighted by Gasteiger charge is 2.23. The largest absolute Gasteiger partial charge is 0.366 e. The van der Waals surface area contributed by atoms with E-state index < -0.39 is 0 Å². The van der Waals surface area contributed by atoms with Gasteiger partial charge in [-0.2, -0.15) is 5.26 Å². The lowest BCUT2D eigenvalue weighted by atomic mass is 10.1. The third kappa shape index (κ3) is 3.19. The maximum Gasteiger partial charge on any atom is 0.251 e. The van der Waals surface area contributed by atoms with Crippen molar-refractivity contribution in [3.05, 3.63) is 65.2 Å². The van der Waals surface area contributed by atoms with E-state index in [-0.39, 0.29) is 11.9 Å². The normalized spacial score (nSPS) is 14.0. The number of hydrogen-bond donors (Lipinski definition) is 1. The van der Waals surface area contributed by atoms with E-state index >= 15 is 0 Å². The number of nitriles is 1. The van der Waals surface area contributed by atoms with E-state index in [0.29, 0.717) is 17.7 Å². The molecule has 1 aliphatic rings. The fourth-order valence-corrected chi connectivity index (χ4v) is 2.97. The Morgan fingerprint density at radius 1 is 1.26 bits per heavy atom. The molecule has 0 aromatic heterocycles. The van der Waals surface area contributed by atoms with Crippen LogP contribution in [0.1, 0.15) is 28.4 Å². The first-order valence-corrected chi connectivity index (χ1v) is 7.82. The van der Waals surface area contributed by atoms with E-state index in [2.05, 4.69) is 47.5 Å². The molecule has 0 saturated carbocycles. The fraction of sp³-hybridized carbons (Fsp3) is 0.263. The van der Waals surface area contributed by atoms with Crippen LogP contribution in [-0.2, 0) is 6.42 Å². The van der Waals surface area contributed by atoms with Crippen molar-refractivity contribution in [3.63, 3.8) is 0 Å². The number of nitrogens with zero attached hydrogens (tertiary/aromatic N) is 2. The van der Waals surface area contributed by atoms with E-state index in [4.69, 9.17) is 5.26 Å². The zero-order valence-electron chi connectivity index (χ0n) is 13.1. The van der Waals surface area contributed by atoms with Gasteiger partial charge in [-0.05, 0) is 49.2 Å². The molecular formula is C19H19N3O. The predicted molar refractivity (Wildman–Crippen MR) is 90.4 cm³/mol. The molecule has 1 aliphatic heterocycles. The summed E-state index contributed by atoms with van der Waals surface area (Å²) in [6, 6.07) is 17.4. The molecule has 0 radical (unpaired) electrons. The minimum absolute atomic E-state index is 0.103. The highest BCUT2D eigenvalue weighted by atomic mass is 16.1. The summed E-state index contributed by atoms with van der Waals surface area (Å²) < 4.78 is 0. The molecule has 116 valence electrons. The first-order chi connectivity index (χ1) is 11.2. The second-order valence-electron chi connectivity index (χ2n) is 5.82. The summed E-state index contributed by atoms with van der Waals surface area (Å²) in [5.41, 5.74) is 3.78. The molecule has 2 aromatic carbocycles. The van der Waals surface area contributed by atoms with Gasteiger partial charge in [-0.1, -0.05) is 18.2 Å². The third-order valence-corrected chi connectivity index (χ3v) is 4.29. The summed E-state index contributed by atoms with van der Waals surface area (Å²) in [5.74, 6) is -0.103. The number of para-hydroxylation sites is 1. The van der Waals surface area contributed by atoms with Crippen molar-refractivity contribution in [2.45, 2.75) is 19.4 Å². The summed E-state index contributed by atoms with van der Waals surface area (Å²) in [7, 11) is 0. The molecule has 4 nitrogen and oxygen atoms in total. The molecule has 3 rings (SSSR count). The molecule has 1 heterocycles. The number of hydrogen-bond acceptors (Lipinski definition) is 3. The van der Waals surface area contributed by atoms with Gasteiger partial charge in [0.2, 0.25) is 0 Å². The van der Waals surface area contributed by atoms with Gasteiger partial charge in [-0.3, -0.25) is 4.79 Å². The zero-order valence-corrected chi connectivity index (χ0v) is 13.1. The van der Waals surface area contributed by atoms with E-state index in [0.717, 1.165) is 13.0 Å². The molecular weight excluding hydrogens is 286 g/mol. The average molecular weight is 305 g/mol. The van der Waals surface area contributed by atoms with Gasteiger partial charge in [0.15, 0.2) is 0 Å². The quantitative estimate of drug-likeness (QED) is 0.945. The van der Waals surface area contributed by atoms with Crippen molar-refractivity contribution in [2.24, 2.45) is 0 Å². The Morgan fingerprint density at radius 3 is 2.74 bits per heavy atom. The third-order valence-electron chi connectivity index (χ3n) is 4.29. The van der Waals surface area contributed by atoms with E-state index in [1.807, 2.05) is 0 Å². The van der Waals surface area contributed by atoms with Crippen molar-refractivity contribution >= 4 is 11.6 Å². The van der Waals surface area contributed by atoms with Gasteiger partial charge in [-0.15, -0.1) is 0 Å². The highest BCUT2D eigenvalue weighted by molar-refractivity contribution is 5.94. The van der Waals surface area contributed by atoms with Gasteiger partial charge in [0, 0.05) is 30.4 Å². The first kappa shape index (κ1) is 15.1. The Morgan fingerprint density at radius 2 is 2.00 bits per heavy atom. The molecule has 1 atom stereocenters. The molecule has 2 aromatic rings. The van der Waals surface area contributed by atoms with Gasteiger partial charge >= 0.3 is 0 Å². The molecule has 0 fully saturated rings. The minimum atomic E-state index is -0.103. The second-order valence-corrected chi connectivity index (χ2v) is 5.82. The van der Waals surface area contributed by atoms with Gasteiger partial charge in [0.1, 0.15) is 0 Å². The number of rotatable bonds is 4. The van der Waals surface area contributed by atoms with E-state index in [1.165, 1.54) is 11.3 Å². The Bertz CT molecular complexity index is 746. The molecule has 0 saturated heterocycles. The topological polar surface area (TPSA) is 56.1 Å². The lowest BCUT2D eigenvalue weighted by Gasteiger charge is -2.27. The van der Waals surface area contributed by atoms with Crippen LogP contribution in [0.3, 0.4) is 0 Å². The number of benzene rings is 2. The number of anilines is 1. The summed E-state index contributed by atoms with van der Waals surface area (Å²) in [6.07, 6.45) is 1.06. The predicted octanol–water partition coefficient (Wildman–Crippen LogP) is 2.74. The second kappa shape index (κ2) is 6.53. The molecule has 1 N–H and O–H groups in total. The molecule has 23 heavy (non-hydrogen) atoms. The summed E-state index contributed by atoms with van der Waals surface area (Å²) in [4.78, 5) is 14.5. The van der Waals surface area contributed by atoms with Crippen molar-refractivity contribution in [3.8, 4) is 6.07 Å². The van der Waals surface area contributed by atoms with Crippen molar-refractivity contribution in [1.29, 1.82) is 5.26 Å². The number of fused-ring (bicyclic) bond motifs is 1. The summed E-state index contributed by atoms with van der Waals surface area (Å²) in [6.45, 7) is 3.71. The fourth-order valence-electron chi connectivity index (χ4n) is 2.97. The Kier molecular flexibility index (Phi) is 4.29. The molecule has 0 bridgehead atoms. The monoisotopic (exact) mass is 305 g/mol. The van der Waals surface area contributed by atoms with Crippen LogP contribution in [0.15, 0.2) is 48.5 Å². The summed E-state index contributed by atoms with van der Waals surface area (Å²) in [5, 5.41) is 11.8. The lowest BCUT2D eigenvalue weighted by molar-refractivity contribution is 0.0951. The standard InChI is InChI=1S/C19H19N3O/c1-14(22-11-10-16-4-2-3-5-18(16)22)13-21-19(23)17-8-6-15(12-20)7-9-17/h2-9,14H,10-11,13H2,1H3,(H,21,23)/t14-/m0/s1. The van der Waals surface area contributed by atoms with Gasteiger partial charge in [-0.25, -0.2) is 0 Å². The van der Waals surface area contributed by atoms with Crippen LogP contribution in [0.4, 0.5) is 5.69 Å². The number of nitrogens with one attached hydrogen (secondary N) is 1. The number of carbonyl (C=O) groups is 1. The maximum atomic E-state index is 12.2. The van der Waals surface area contributed by atoms with Gasteiger partial charge < -0.3 is 10.2 Å². The first-order valence-electron chi connectivity index (χ1n) is 7.82. The van der Waals surface area contributed by atoms with Gasteiger partial charge in [0.25, 0.3) is 5.91 Å². The Labute approximate surface area is 136 Å². The van der Waals surface area contributed by atoms with Gasteiger partial charge in [0.05, 0.1) is 11.6 Å². The maximum absolute atomic E-state index is 12.2. The molecule has 0 spiro atoms. The minimum Gasteiger partial charge on any atom is -0.366 e. The summed E-state index contributed by atoms with van der Waals surface area (Å²) >= 11 is 0. The lowest BCUT2D eigenvalue weighted by Crippen LogP contribution is -2.41. The van der Waals surface area contributed by atoms with Crippen LogP contribution in [0, 0.1) is 11.3 Å². The van der Waals surface area contributed by atoms with E-state index in [9.17, 15) is 4.79 Å². The molecule has 1 amide bonds. The van der Waals surface area contributed by atoms with Crippen molar-refractivity contribution in [2.75, 3.05) is 18.0 Å². The molecule has 0 aliphatic carbocycles. The molecule has 4 heteroatoms. The molecule has 0 unspecified atom stereocenters. The Hall–Kier alpha value is -2.80. The van der Waals surface area contributed by atoms with Crippen molar-refractivity contribution < 1.29 is 4.79 Å². The van der Waals surface area contributed by atoms with Crippen LogP contribution in [-0.4, -0.2) is 25.0 Å². The smallest absolute Gasteiger partial charge is 0.251 e. The van der Waals surface area contributed by atoms with Crippen LogP contribution in [0.5, 0.6) is 0 Å². The number of carbonyl (C=O) groups excluding carboxylic acids is 1. The van der Waals surface area contributed by atoms with Crippen LogP contribution < -0.4 is 10.2 Å². The van der Waals surface area contributed by atoms with E-state index in [1.54, 1.807) is 24.3 Å². The van der Waals surface area contributed by atoms with Crippen molar-refractivity contribution in [1.82, 2.24) is 5.32 Å². The SMILES string of the molecule is C[C@@H](CNC(=O)c1ccc(C#N)cc1)N1CCc2ccccc21.